The number of carbonyl (C=O) groups is 5. The number of nitrogens with one attached hydrogen (secondary N) is 4. The highest BCUT2D eigenvalue weighted by Gasteiger charge is 2.37. The zero-order valence-electron chi connectivity index (χ0n) is 41.2. The van der Waals surface area contributed by atoms with Crippen LogP contribution in [0.25, 0.3) is 22.5 Å². The molecular weight excluding hydrogens is 973 g/mol. The average molecular weight is 1040 g/mol. The molecule has 25 heteroatoms. The van der Waals surface area contributed by atoms with Crippen LogP contribution in [0.4, 0.5) is 0 Å². The highest BCUT2D eigenvalue weighted by Crippen LogP contribution is 2.45. The molecule has 0 aliphatic carbocycles. The van der Waals surface area contributed by atoms with Crippen LogP contribution >= 0.6 is 0 Å². The molecule has 6 atom stereocenters. The van der Waals surface area contributed by atoms with E-state index in [-0.39, 0.29) is 76.8 Å². The third kappa shape index (κ3) is 15.7. The van der Waals surface area contributed by atoms with Crippen LogP contribution < -0.4 is 51.5 Å². The quantitative estimate of drug-likeness (QED) is 0.0544. The van der Waals surface area contributed by atoms with E-state index in [2.05, 4.69) is 46.7 Å². The fraction of sp³-hybridized carbons (Fsp3) is 0.438. The van der Waals surface area contributed by atoms with Gasteiger partial charge in [-0.25, -0.2) is 19.9 Å². The summed E-state index contributed by atoms with van der Waals surface area (Å²) < 4.78 is 44.1. The van der Waals surface area contributed by atoms with Gasteiger partial charge in [0.1, 0.15) is 61.1 Å². The fourth-order valence-electron chi connectivity index (χ4n) is 7.31. The number of phenolic OH excluding ortho intramolecular Hbond substituents is 1. The minimum atomic E-state index is -4.52. The summed E-state index contributed by atoms with van der Waals surface area (Å²) in [5, 5.41) is 55.4. The maximum atomic E-state index is 14.8. The number of nitrogens with two attached hydrogens (primary N) is 3. The van der Waals surface area contributed by atoms with Gasteiger partial charge in [-0.2, -0.15) is 13.1 Å². The molecule has 1 aliphatic heterocycles. The Morgan fingerprint density at radius 3 is 2.15 bits per heavy atom. The number of carbonyl (C=O) groups excluding carboxylic acids is 4. The number of ether oxygens (including phenoxy) is 3. The molecule has 3 aromatic carbocycles. The number of nitrogens with zero attached hydrogens (tertiary/aromatic N) is 3. The van der Waals surface area contributed by atoms with Crippen molar-refractivity contribution in [3.8, 4) is 45.5 Å². The molecule has 0 saturated carbocycles. The molecule has 5 rings (SSSR count). The normalized spacial score (nSPS) is 17.4. The third-order valence-corrected chi connectivity index (χ3v) is 12.1. The molecule has 1 aliphatic rings. The van der Waals surface area contributed by atoms with Crippen LogP contribution in [-0.4, -0.2) is 150 Å². The SMILES string of the molecule is Cc1nc(-c2ccc(OCCC(C)(C)C)cc2)ncc1C(=O)NC(CNS(N)(=O)=O)C(=O)N(C)[C@@H]1C(=O)N[C@@H](C)C(=O)N[C@H](C(=O)O)Cc2ccc(OCC(O)CN)c(c2)-c2cc1cc(OCC(O)CN)c2O. The number of aromatic hydroxyl groups is 1. The number of hydrogen-bond donors (Lipinski definition) is 11. The van der Waals surface area contributed by atoms with Crippen LogP contribution in [0, 0.1) is 12.3 Å². The van der Waals surface area contributed by atoms with Gasteiger partial charge in [0.15, 0.2) is 17.3 Å². The van der Waals surface area contributed by atoms with Crippen molar-refractivity contribution in [3.05, 3.63) is 83.2 Å². The first kappa shape index (κ1) is 56.9. The summed E-state index contributed by atoms with van der Waals surface area (Å²) in [6.07, 6.45) is -0.650. The van der Waals surface area contributed by atoms with Gasteiger partial charge in [0.05, 0.1) is 17.9 Å². The zero-order valence-corrected chi connectivity index (χ0v) is 42.1. The molecule has 0 spiro atoms. The molecule has 2 heterocycles. The van der Waals surface area contributed by atoms with Crippen LogP contribution in [0.1, 0.15) is 67.3 Å². The van der Waals surface area contributed by atoms with E-state index in [0.29, 0.717) is 23.5 Å². The van der Waals surface area contributed by atoms with Gasteiger partial charge in [-0.1, -0.05) is 26.8 Å². The van der Waals surface area contributed by atoms with E-state index in [1.165, 1.54) is 50.4 Å². The Bertz CT molecular complexity index is 2760. The van der Waals surface area contributed by atoms with Crippen molar-refractivity contribution >= 4 is 39.8 Å². The summed E-state index contributed by atoms with van der Waals surface area (Å²) >= 11 is 0. The van der Waals surface area contributed by atoms with Gasteiger partial charge >= 0.3 is 5.97 Å². The van der Waals surface area contributed by atoms with E-state index in [1.807, 2.05) is 4.72 Å². The molecule has 4 aromatic rings. The minimum Gasteiger partial charge on any atom is -0.504 e. The summed E-state index contributed by atoms with van der Waals surface area (Å²) in [7, 11) is -3.39. The summed E-state index contributed by atoms with van der Waals surface area (Å²) in [6, 6.07) is 7.14. The summed E-state index contributed by atoms with van der Waals surface area (Å²) in [4.78, 5) is 79.3. The number of aliphatic carboxylic acids is 1. The Labute approximate surface area is 422 Å². The number of aromatic nitrogens is 2. The third-order valence-electron chi connectivity index (χ3n) is 11.5. The van der Waals surface area contributed by atoms with Crippen molar-refractivity contribution in [3.63, 3.8) is 0 Å². The summed E-state index contributed by atoms with van der Waals surface area (Å²) in [5.41, 5.74) is 12.1. The maximum Gasteiger partial charge on any atom is 0.326 e. The zero-order chi connectivity index (χ0) is 53.9. The van der Waals surface area contributed by atoms with Crippen LogP contribution in [-0.2, 0) is 35.8 Å². The van der Waals surface area contributed by atoms with Crippen molar-refractivity contribution in [1.82, 2.24) is 35.5 Å². The number of hydrogen-bond acceptors (Lipinski definition) is 17. The number of aryl methyl sites for hydroxylation is 1. The van der Waals surface area contributed by atoms with Crippen molar-refractivity contribution in [2.24, 2.45) is 22.0 Å². The number of benzene rings is 3. The first-order valence-electron chi connectivity index (χ1n) is 23.1. The lowest BCUT2D eigenvalue weighted by Gasteiger charge is -2.33. The smallest absolute Gasteiger partial charge is 0.326 e. The molecular formula is C48H64N10O14S. The molecule has 4 bridgehead atoms. The lowest BCUT2D eigenvalue weighted by atomic mass is 9.93. The molecule has 73 heavy (non-hydrogen) atoms. The maximum absolute atomic E-state index is 14.8. The summed E-state index contributed by atoms with van der Waals surface area (Å²) in [6.45, 7) is 7.49. The molecule has 3 unspecified atom stereocenters. The predicted octanol–water partition coefficient (Wildman–Crippen LogP) is -0.242. The number of aliphatic hydroxyl groups is 2. The molecule has 0 radical (unpaired) electrons. The van der Waals surface area contributed by atoms with Crippen LogP contribution in [0.2, 0.25) is 0 Å². The number of likely N-dealkylation sites (N-methyl/N-ethyl adjacent to an activating group) is 1. The Morgan fingerprint density at radius 1 is 0.918 bits per heavy atom. The van der Waals surface area contributed by atoms with Crippen molar-refractivity contribution in [2.45, 2.75) is 83.8 Å². The Hall–Kier alpha value is -7.00. The van der Waals surface area contributed by atoms with E-state index in [1.54, 1.807) is 24.3 Å². The first-order chi connectivity index (χ1) is 34.3. The van der Waals surface area contributed by atoms with Gasteiger partial charge < -0.3 is 67.0 Å². The van der Waals surface area contributed by atoms with Gasteiger partial charge in [-0.05, 0) is 85.3 Å². The molecule has 396 valence electrons. The Morgan fingerprint density at radius 2 is 1.56 bits per heavy atom. The largest absolute Gasteiger partial charge is 0.504 e. The molecule has 4 amide bonds. The highest BCUT2D eigenvalue weighted by molar-refractivity contribution is 7.87. The van der Waals surface area contributed by atoms with Gasteiger partial charge in [-0.15, -0.1) is 0 Å². The van der Waals surface area contributed by atoms with Gasteiger partial charge in [-0.3, -0.25) is 19.2 Å². The Kier molecular flexibility index (Phi) is 19.2. The van der Waals surface area contributed by atoms with Crippen molar-refractivity contribution < 1.29 is 67.0 Å². The molecule has 14 N–H and O–H groups in total. The second kappa shape index (κ2) is 24.6. The van der Waals surface area contributed by atoms with E-state index in [9.17, 15) is 52.8 Å². The van der Waals surface area contributed by atoms with Gasteiger partial charge in [0.25, 0.3) is 16.1 Å². The monoisotopic (exact) mass is 1040 g/mol. The van der Waals surface area contributed by atoms with Crippen molar-refractivity contribution in [2.75, 3.05) is 46.5 Å². The second-order valence-corrected chi connectivity index (χ2v) is 20.0. The lowest BCUT2D eigenvalue weighted by molar-refractivity contribution is -0.143. The molecule has 1 aromatic heterocycles. The van der Waals surface area contributed by atoms with Crippen molar-refractivity contribution in [1.29, 1.82) is 0 Å². The molecule has 0 fully saturated rings. The number of amides is 4. The standard InChI is InChI=1S/C48H64N10O14S/c1-25-35(21-52-42(54-25)28-8-10-32(11-9-28)70-14-13-48(3,4)5)44(63)57-37(22-53-73(51,68)69)46(65)58(6)40-29-17-34(41(61)39(18-29)72-24-31(60)20-50)33-15-27(7-12-38(33)71-23-30(59)19-49)16-36(47(66)67)56-43(62)26(2)55-45(40)64/h7-12,15,17-18,21,26,30-31,36-37,40,53,59-61H,13-14,16,19-20,22-24,49-50H2,1-6H3,(H,55,64)(H,56,62)(H,57,63)(H,66,67)(H2,51,68,69)/t26-,30?,31?,36-,37?,40-/m0/s1. The number of carboxylic acids is 1. The number of carboxylic acid groups (broad SMARTS) is 1. The second-order valence-electron chi connectivity index (χ2n) is 18.6. The van der Waals surface area contributed by atoms with E-state index in [4.69, 9.17) is 30.8 Å². The predicted molar refractivity (Wildman–Crippen MR) is 265 cm³/mol. The number of fused-ring (bicyclic) bond motifs is 5. The van der Waals surface area contributed by atoms with Crippen LogP contribution in [0.3, 0.4) is 0 Å². The topological polar surface area (TPSA) is 383 Å². The summed E-state index contributed by atoms with van der Waals surface area (Å²) in [5.74, 6) is -5.52. The van der Waals surface area contributed by atoms with Crippen LogP contribution in [0.5, 0.6) is 23.0 Å². The lowest BCUT2D eigenvalue weighted by Crippen LogP contribution is -2.57. The average Bonchev–Trinajstić information content (AvgIpc) is 3.33. The van der Waals surface area contributed by atoms with E-state index >= 15 is 0 Å². The molecule has 24 nitrogen and oxygen atoms in total. The van der Waals surface area contributed by atoms with Crippen LogP contribution in [0.15, 0.2) is 60.8 Å². The Balaban J connectivity index is 1.60. The number of rotatable bonds is 20. The van der Waals surface area contributed by atoms with E-state index in [0.717, 1.165) is 18.4 Å². The van der Waals surface area contributed by atoms with Gasteiger partial charge in [0, 0.05) is 56.0 Å². The number of phenols is 1. The molecule has 0 saturated heterocycles. The number of aliphatic hydroxyl groups excluding tert-OH is 2. The highest BCUT2D eigenvalue weighted by atomic mass is 32.2. The minimum absolute atomic E-state index is 0.0115. The van der Waals surface area contributed by atoms with Gasteiger partial charge in [0.2, 0.25) is 17.7 Å². The first-order valence-corrected chi connectivity index (χ1v) is 24.6. The fourth-order valence-corrected chi connectivity index (χ4v) is 7.70. The van der Waals surface area contributed by atoms with E-state index < -0.39 is 95.1 Å².